The van der Waals surface area contributed by atoms with Gasteiger partial charge in [-0.15, -0.1) is 0 Å². The van der Waals surface area contributed by atoms with Crippen molar-refractivity contribution < 1.29 is 9.90 Å². The molecule has 1 N–H and O–H groups in total. The lowest BCUT2D eigenvalue weighted by atomic mass is 9.97. The van der Waals surface area contributed by atoms with Gasteiger partial charge in [0, 0.05) is 12.6 Å². The second-order valence-electron chi connectivity index (χ2n) is 7.08. The molecule has 3 fully saturated rings. The van der Waals surface area contributed by atoms with Crippen LogP contribution >= 0.6 is 0 Å². The molecule has 1 saturated heterocycles. The summed E-state index contributed by atoms with van der Waals surface area (Å²) in [6.07, 6.45) is 7.66. The van der Waals surface area contributed by atoms with E-state index in [1.54, 1.807) is 0 Å². The number of rotatable bonds is 2. The Bertz CT molecular complexity index is 344. The van der Waals surface area contributed by atoms with Crippen LogP contribution in [0, 0.1) is 17.3 Å². The van der Waals surface area contributed by atoms with E-state index in [0.717, 1.165) is 6.54 Å². The summed E-state index contributed by atoms with van der Waals surface area (Å²) in [5, 5.41) is 9.57. The monoisotopic (exact) mass is 251 g/mol. The van der Waals surface area contributed by atoms with Gasteiger partial charge in [0.25, 0.3) is 0 Å². The number of hydrogen-bond acceptors (Lipinski definition) is 2. The fourth-order valence-corrected chi connectivity index (χ4v) is 4.57. The van der Waals surface area contributed by atoms with E-state index >= 15 is 0 Å². The second kappa shape index (κ2) is 4.22. The molecule has 2 aliphatic carbocycles. The van der Waals surface area contributed by atoms with Crippen LogP contribution in [0.4, 0.5) is 0 Å². The smallest absolute Gasteiger partial charge is 0.321 e. The number of fused-ring (bicyclic) bond motifs is 1. The highest BCUT2D eigenvalue weighted by Crippen LogP contribution is 2.65. The number of nitrogens with zero attached hydrogens (tertiary/aromatic N) is 1. The van der Waals surface area contributed by atoms with Crippen LogP contribution in [0.3, 0.4) is 0 Å². The number of carboxylic acid groups (broad SMARTS) is 1. The normalized spacial score (nSPS) is 40.2. The summed E-state index contributed by atoms with van der Waals surface area (Å²) in [4.78, 5) is 14.0. The molecule has 3 atom stereocenters. The molecule has 0 aromatic carbocycles. The predicted octanol–water partition coefficient (Wildman–Crippen LogP) is 2.75. The summed E-state index contributed by atoms with van der Waals surface area (Å²) in [6, 6.07) is 0.338. The molecule has 0 spiro atoms. The zero-order chi connectivity index (χ0) is 12.9. The molecule has 0 aromatic heterocycles. The van der Waals surface area contributed by atoms with Gasteiger partial charge in [-0.2, -0.15) is 0 Å². The number of carboxylic acids is 1. The SMILES string of the molecule is CC1(C)[C@@H]2[C@@H](C(=O)O)N(C3CCCCCC3)C[C@@H]21. The molecule has 1 heterocycles. The minimum atomic E-state index is -0.586. The van der Waals surface area contributed by atoms with Gasteiger partial charge >= 0.3 is 5.97 Å². The van der Waals surface area contributed by atoms with Crippen LogP contribution in [0.15, 0.2) is 0 Å². The van der Waals surface area contributed by atoms with E-state index in [1.807, 2.05) is 0 Å². The van der Waals surface area contributed by atoms with Gasteiger partial charge < -0.3 is 5.11 Å². The quantitative estimate of drug-likeness (QED) is 0.767. The van der Waals surface area contributed by atoms with E-state index < -0.39 is 5.97 Å². The summed E-state index contributed by atoms with van der Waals surface area (Å²) in [7, 11) is 0. The van der Waals surface area contributed by atoms with Crippen molar-refractivity contribution in [1.82, 2.24) is 4.90 Å². The molecule has 18 heavy (non-hydrogen) atoms. The molecule has 0 unspecified atom stereocenters. The van der Waals surface area contributed by atoms with E-state index in [0.29, 0.717) is 17.9 Å². The van der Waals surface area contributed by atoms with Crippen molar-refractivity contribution in [3.63, 3.8) is 0 Å². The Kier molecular flexibility index (Phi) is 2.92. The first-order valence-electron chi connectivity index (χ1n) is 7.52. The molecule has 3 heteroatoms. The number of aliphatic carboxylic acids is 1. The average molecular weight is 251 g/mol. The number of carbonyl (C=O) groups is 1. The van der Waals surface area contributed by atoms with Crippen LogP contribution < -0.4 is 0 Å². The zero-order valence-electron chi connectivity index (χ0n) is 11.6. The van der Waals surface area contributed by atoms with Crippen LogP contribution in [0.5, 0.6) is 0 Å². The van der Waals surface area contributed by atoms with Crippen LogP contribution in [0.1, 0.15) is 52.4 Å². The number of likely N-dealkylation sites (tertiary alicyclic amines) is 1. The maximum atomic E-state index is 11.6. The van der Waals surface area contributed by atoms with Gasteiger partial charge in [-0.1, -0.05) is 39.5 Å². The minimum Gasteiger partial charge on any atom is -0.480 e. The largest absolute Gasteiger partial charge is 0.480 e. The second-order valence-corrected chi connectivity index (χ2v) is 7.08. The molecule has 0 radical (unpaired) electrons. The highest BCUT2D eigenvalue weighted by Gasteiger charge is 2.69. The maximum absolute atomic E-state index is 11.6. The number of piperidine rings is 1. The lowest BCUT2D eigenvalue weighted by Gasteiger charge is -2.34. The Hall–Kier alpha value is -0.570. The van der Waals surface area contributed by atoms with E-state index in [4.69, 9.17) is 0 Å². The fraction of sp³-hybridized carbons (Fsp3) is 0.933. The summed E-state index contributed by atoms with van der Waals surface area (Å²) >= 11 is 0. The van der Waals surface area contributed by atoms with Gasteiger partial charge in [-0.25, -0.2) is 0 Å². The Morgan fingerprint density at radius 3 is 2.33 bits per heavy atom. The third-order valence-corrected chi connectivity index (χ3v) is 5.79. The molecule has 102 valence electrons. The van der Waals surface area contributed by atoms with Gasteiger partial charge in [0.1, 0.15) is 6.04 Å². The van der Waals surface area contributed by atoms with Crippen molar-refractivity contribution in [1.29, 1.82) is 0 Å². The fourth-order valence-electron chi connectivity index (χ4n) is 4.57. The van der Waals surface area contributed by atoms with Crippen LogP contribution in [-0.2, 0) is 4.79 Å². The van der Waals surface area contributed by atoms with Crippen molar-refractivity contribution in [3.05, 3.63) is 0 Å². The van der Waals surface area contributed by atoms with Crippen molar-refractivity contribution >= 4 is 5.97 Å². The molecule has 3 aliphatic rings. The minimum absolute atomic E-state index is 0.201. The molecular formula is C15H25NO2. The Morgan fingerprint density at radius 2 is 1.78 bits per heavy atom. The summed E-state index contributed by atoms with van der Waals surface area (Å²) in [5.74, 6) is 0.442. The number of hydrogen-bond donors (Lipinski definition) is 1. The van der Waals surface area contributed by atoms with Crippen LogP contribution in [-0.4, -0.2) is 34.6 Å². The van der Waals surface area contributed by atoms with Gasteiger partial charge in [0.05, 0.1) is 0 Å². The third kappa shape index (κ3) is 1.78. The standard InChI is InChI=1S/C15H25NO2/c1-15(2)11-9-16(13(12(11)15)14(17)18)10-7-5-3-4-6-8-10/h10-13H,3-9H2,1-2H3,(H,17,18)/t11-,12-,13-/m0/s1. The first-order valence-corrected chi connectivity index (χ1v) is 7.52. The van der Waals surface area contributed by atoms with Gasteiger partial charge in [-0.05, 0) is 30.1 Å². The van der Waals surface area contributed by atoms with E-state index in [-0.39, 0.29) is 11.5 Å². The van der Waals surface area contributed by atoms with Crippen LogP contribution in [0.25, 0.3) is 0 Å². The van der Waals surface area contributed by atoms with E-state index in [1.165, 1.54) is 38.5 Å². The molecule has 1 aliphatic heterocycles. The Morgan fingerprint density at radius 1 is 1.17 bits per heavy atom. The average Bonchev–Trinajstić information content (AvgIpc) is 2.70. The van der Waals surface area contributed by atoms with E-state index in [9.17, 15) is 9.90 Å². The van der Waals surface area contributed by atoms with Crippen LogP contribution in [0.2, 0.25) is 0 Å². The molecule has 3 nitrogen and oxygen atoms in total. The summed E-state index contributed by atoms with van der Waals surface area (Å²) < 4.78 is 0. The van der Waals surface area contributed by atoms with E-state index in [2.05, 4.69) is 18.7 Å². The van der Waals surface area contributed by atoms with Gasteiger partial charge in [-0.3, -0.25) is 9.69 Å². The van der Waals surface area contributed by atoms with Crippen molar-refractivity contribution in [2.75, 3.05) is 6.54 Å². The summed E-state index contributed by atoms with van der Waals surface area (Å²) in [5.41, 5.74) is 0.268. The van der Waals surface area contributed by atoms with Crippen molar-refractivity contribution in [2.24, 2.45) is 17.3 Å². The van der Waals surface area contributed by atoms with Gasteiger partial charge in [0.2, 0.25) is 0 Å². The maximum Gasteiger partial charge on any atom is 0.321 e. The first-order chi connectivity index (χ1) is 8.53. The van der Waals surface area contributed by atoms with Crippen molar-refractivity contribution in [2.45, 2.75) is 64.5 Å². The highest BCUT2D eigenvalue weighted by atomic mass is 16.4. The molecule has 0 amide bonds. The molecule has 3 rings (SSSR count). The van der Waals surface area contributed by atoms with Crippen molar-refractivity contribution in [3.8, 4) is 0 Å². The predicted molar refractivity (Wildman–Crippen MR) is 70.4 cm³/mol. The first kappa shape index (κ1) is 12.5. The molecule has 0 bridgehead atoms. The molecule has 2 saturated carbocycles. The third-order valence-electron chi connectivity index (χ3n) is 5.79. The lowest BCUT2D eigenvalue weighted by molar-refractivity contribution is -0.144. The highest BCUT2D eigenvalue weighted by molar-refractivity contribution is 5.75. The molecule has 0 aromatic rings. The van der Waals surface area contributed by atoms with Gasteiger partial charge in [0.15, 0.2) is 0 Å². The topological polar surface area (TPSA) is 40.5 Å². The lowest BCUT2D eigenvalue weighted by Crippen LogP contribution is -2.47. The Balaban J connectivity index is 1.75. The Labute approximate surface area is 110 Å². The molecular weight excluding hydrogens is 226 g/mol. The summed E-state index contributed by atoms with van der Waals surface area (Å²) in [6.45, 7) is 5.50. The zero-order valence-corrected chi connectivity index (χ0v) is 11.6.